The quantitative estimate of drug-likeness (QED) is 0.714. The average molecular weight is 243 g/mol. The van der Waals surface area contributed by atoms with Gasteiger partial charge < -0.3 is 9.67 Å². The van der Waals surface area contributed by atoms with E-state index in [0.29, 0.717) is 11.3 Å². The third kappa shape index (κ3) is 1.44. The summed E-state index contributed by atoms with van der Waals surface area (Å²) < 4.78 is 15.5. The Hall–Kier alpha value is -2.43. The summed E-state index contributed by atoms with van der Waals surface area (Å²) in [5, 5.41) is 9.79. The lowest BCUT2D eigenvalue weighted by Crippen LogP contribution is -1.95. The van der Waals surface area contributed by atoms with Crippen LogP contribution in [0.1, 0.15) is 0 Å². The number of aromatic hydroxyl groups is 1. The average Bonchev–Trinajstić information content (AvgIpc) is 2.68. The first-order chi connectivity index (χ1) is 8.68. The first-order valence-corrected chi connectivity index (χ1v) is 5.43. The topological polar surface area (TPSA) is 50.9 Å². The minimum atomic E-state index is -0.499. The van der Waals surface area contributed by atoms with Gasteiger partial charge in [0, 0.05) is 13.2 Å². The summed E-state index contributed by atoms with van der Waals surface area (Å²) in [6, 6.07) is 5.94. The van der Waals surface area contributed by atoms with Crippen molar-refractivity contribution in [2.75, 3.05) is 0 Å². The van der Waals surface area contributed by atoms with Crippen LogP contribution >= 0.6 is 0 Å². The van der Waals surface area contributed by atoms with E-state index in [2.05, 4.69) is 9.97 Å². The van der Waals surface area contributed by atoms with Crippen molar-refractivity contribution in [3.8, 4) is 17.1 Å². The van der Waals surface area contributed by atoms with Crippen LogP contribution in [0.5, 0.6) is 5.75 Å². The maximum absolute atomic E-state index is 13.8. The molecule has 3 aromatic rings. The first kappa shape index (κ1) is 10.7. The summed E-state index contributed by atoms with van der Waals surface area (Å²) in [5.41, 5.74) is 1.61. The van der Waals surface area contributed by atoms with Crippen molar-refractivity contribution >= 4 is 11.0 Å². The van der Waals surface area contributed by atoms with Gasteiger partial charge in [-0.2, -0.15) is 0 Å². The first-order valence-electron chi connectivity index (χ1n) is 5.43. The van der Waals surface area contributed by atoms with Crippen molar-refractivity contribution in [1.29, 1.82) is 0 Å². The Kier molecular flexibility index (Phi) is 2.26. The predicted molar refractivity (Wildman–Crippen MR) is 65.6 cm³/mol. The number of phenols is 1. The normalized spacial score (nSPS) is 11.0. The summed E-state index contributed by atoms with van der Waals surface area (Å²) in [4.78, 5) is 8.34. The molecule has 90 valence electrons. The molecule has 2 heterocycles. The number of benzene rings is 1. The molecular weight excluding hydrogens is 233 g/mol. The summed E-state index contributed by atoms with van der Waals surface area (Å²) in [6.07, 6.45) is 3.28. The van der Waals surface area contributed by atoms with Crippen LogP contribution in [-0.4, -0.2) is 19.6 Å². The second-order valence-electron chi connectivity index (χ2n) is 3.99. The van der Waals surface area contributed by atoms with Crippen LogP contribution in [0.2, 0.25) is 0 Å². The van der Waals surface area contributed by atoms with E-state index in [1.807, 2.05) is 0 Å². The standard InChI is InChI=1S/C13H10FN3O/c1-17-10-7-15-6-5-9(10)16-13(17)12-8(14)3-2-4-11(12)18/h2-7,18H,1H3. The molecule has 2 aromatic heterocycles. The monoisotopic (exact) mass is 243 g/mol. The number of pyridine rings is 1. The van der Waals surface area contributed by atoms with E-state index in [4.69, 9.17) is 0 Å². The van der Waals surface area contributed by atoms with Crippen molar-refractivity contribution in [2.24, 2.45) is 7.05 Å². The molecule has 3 rings (SSSR count). The van der Waals surface area contributed by atoms with Crippen LogP contribution in [0.4, 0.5) is 4.39 Å². The van der Waals surface area contributed by atoms with Gasteiger partial charge in [-0.15, -0.1) is 0 Å². The molecule has 5 heteroatoms. The Morgan fingerprint density at radius 3 is 2.83 bits per heavy atom. The molecule has 0 fully saturated rings. The highest BCUT2D eigenvalue weighted by molar-refractivity contribution is 5.81. The maximum Gasteiger partial charge on any atom is 0.147 e. The number of hydrogen-bond acceptors (Lipinski definition) is 3. The molecule has 0 aliphatic heterocycles. The minimum absolute atomic E-state index is 0.108. The molecule has 0 aliphatic carbocycles. The molecule has 0 radical (unpaired) electrons. The SMILES string of the molecule is Cn1c(-c2c(O)cccc2F)nc2ccncc21. The maximum atomic E-state index is 13.8. The number of rotatable bonds is 1. The van der Waals surface area contributed by atoms with E-state index in [9.17, 15) is 9.50 Å². The van der Waals surface area contributed by atoms with Gasteiger partial charge in [-0.05, 0) is 18.2 Å². The highest BCUT2D eigenvalue weighted by atomic mass is 19.1. The van der Waals surface area contributed by atoms with Crippen LogP contribution < -0.4 is 0 Å². The number of phenolic OH excluding ortho intramolecular Hbond substituents is 1. The van der Waals surface area contributed by atoms with Crippen LogP contribution in [0.25, 0.3) is 22.4 Å². The number of imidazole rings is 1. The van der Waals surface area contributed by atoms with E-state index in [0.717, 1.165) is 5.52 Å². The summed E-state index contributed by atoms with van der Waals surface area (Å²) in [7, 11) is 1.76. The van der Waals surface area contributed by atoms with Crippen LogP contribution in [0, 0.1) is 5.82 Å². The van der Waals surface area contributed by atoms with Crippen molar-refractivity contribution in [3.05, 3.63) is 42.5 Å². The molecule has 0 amide bonds. The summed E-state index contributed by atoms with van der Waals surface area (Å²) >= 11 is 0. The number of halogens is 1. The number of hydrogen-bond donors (Lipinski definition) is 1. The molecule has 0 spiro atoms. The Morgan fingerprint density at radius 1 is 1.28 bits per heavy atom. The molecule has 18 heavy (non-hydrogen) atoms. The van der Waals surface area contributed by atoms with E-state index in [1.165, 1.54) is 18.2 Å². The highest BCUT2D eigenvalue weighted by Crippen LogP contribution is 2.32. The van der Waals surface area contributed by atoms with Gasteiger partial charge in [0.15, 0.2) is 0 Å². The molecule has 1 aromatic carbocycles. The molecule has 0 aliphatic rings. The van der Waals surface area contributed by atoms with E-state index in [-0.39, 0.29) is 11.3 Å². The molecule has 0 unspecified atom stereocenters. The van der Waals surface area contributed by atoms with Gasteiger partial charge in [0.05, 0.1) is 22.8 Å². The Bertz CT molecular complexity index is 716. The van der Waals surface area contributed by atoms with Crippen LogP contribution in [0.3, 0.4) is 0 Å². The van der Waals surface area contributed by atoms with Crippen molar-refractivity contribution < 1.29 is 9.50 Å². The lowest BCUT2D eigenvalue weighted by atomic mass is 10.2. The van der Waals surface area contributed by atoms with Gasteiger partial charge in [-0.3, -0.25) is 4.98 Å². The smallest absolute Gasteiger partial charge is 0.147 e. The Morgan fingerprint density at radius 2 is 2.11 bits per heavy atom. The second kappa shape index (κ2) is 3.80. The molecular formula is C13H10FN3O. The third-order valence-corrected chi connectivity index (χ3v) is 2.90. The molecule has 0 saturated heterocycles. The zero-order valence-corrected chi connectivity index (χ0v) is 9.63. The summed E-state index contributed by atoms with van der Waals surface area (Å²) in [5.74, 6) is -0.240. The number of aromatic nitrogens is 3. The van der Waals surface area contributed by atoms with Crippen molar-refractivity contribution in [1.82, 2.24) is 14.5 Å². The molecule has 4 nitrogen and oxygen atoms in total. The van der Waals surface area contributed by atoms with E-state index >= 15 is 0 Å². The number of aryl methyl sites for hydroxylation is 1. The van der Waals surface area contributed by atoms with E-state index in [1.54, 1.807) is 30.1 Å². The molecule has 1 N–H and O–H groups in total. The third-order valence-electron chi connectivity index (χ3n) is 2.90. The van der Waals surface area contributed by atoms with Crippen molar-refractivity contribution in [2.45, 2.75) is 0 Å². The minimum Gasteiger partial charge on any atom is -0.507 e. The van der Waals surface area contributed by atoms with Gasteiger partial charge in [-0.25, -0.2) is 9.37 Å². The van der Waals surface area contributed by atoms with Gasteiger partial charge in [0.25, 0.3) is 0 Å². The Labute approximate surface area is 102 Å². The molecule has 0 atom stereocenters. The predicted octanol–water partition coefficient (Wildman–Crippen LogP) is 2.48. The lowest BCUT2D eigenvalue weighted by molar-refractivity contribution is 0.471. The van der Waals surface area contributed by atoms with E-state index < -0.39 is 5.82 Å². The Balaban J connectivity index is 2.36. The fraction of sp³-hybridized carbons (Fsp3) is 0.0769. The fourth-order valence-corrected chi connectivity index (χ4v) is 1.99. The van der Waals surface area contributed by atoms with Gasteiger partial charge in [-0.1, -0.05) is 6.07 Å². The number of nitrogens with zero attached hydrogens (tertiary/aromatic N) is 3. The zero-order chi connectivity index (χ0) is 12.7. The van der Waals surface area contributed by atoms with Gasteiger partial charge >= 0.3 is 0 Å². The molecule has 0 bridgehead atoms. The highest BCUT2D eigenvalue weighted by Gasteiger charge is 2.17. The van der Waals surface area contributed by atoms with Gasteiger partial charge in [0.2, 0.25) is 0 Å². The largest absolute Gasteiger partial charge is 0.507 e. The lowest BCUT2D eigenvalue weighted by Gasteiger charge is -2.05. The van der Waals surface area contributed by atoms with Crippen molar-refractivity contribution in [3.63, 3.8) is 0 Å². The summed E-state index contributed by atoms with van der Waals surface area (Å²) in [6.45, 7) is 0. The molecule has 0 saturated carbocycles. The fourth-order valence-electron chi connectivity index (χ4n) is 1.99. The van der Waals surface area contributed by atoms with Crippen LogP contribution in [-0.2, 0) is 7.05 Å². The van der Waals surface area contributed by atoms with Crippen LogP contribution in [0.15, 0.2) is 36.7 Å². The zero-order valence-electron chi connectivity index (χ0n) is 9.63. The van der Waals surface area contributed by atoms with Gasteiger partial charge in [0.1, 0.15) is 17.4 Å². The number of fused-ring (bicyclic) bond motifs is 1. The second-order valence-corrected chi connectivity index (χ2v) is 3.99.